The van der Waals surface area contributed by atoms with Gasteiger partial charge >= 0.3 is 12.1 Å². The minimum absolute atomic E-state index is 0.0371. The van der Waals surface area contributed by atoms with Crippen molar-refractivity contribution in [3.63, 3.8) is 0 Å². The molecule has 12 heteroatoms. The molecule has 0 saturated heterocycles. The van der Waals surface area contributed by atoms with Gasteiger partial charge in [-0.15, -0.1) is 0 Å². The Kier molecular flexibility index (Phi) is 8.48. The number of nitrogens with two attached hydrogens (primary N) is 1. The zero-order chi connectivity index (χ0) is 19.9. The van der Waals surface area contributed by atoms with Crippen LogP contribution in [0.1, 0.15) is 23.1 Å². The second kappa shape index (κ2) is 9.86. The molecule has 1 heterocycles. The van der Waals surface area contributed by atoms with Crippen LogP contribution < -0.4 is 5.73 Å². The summed E-state index contributed by atoms with van der Waals surface area (Å²) in [5.41, 5.74) is 4.31. The average molecular weight is 435 g/mol. The lowest BCUT2D eigenvalue weighted by Gasteiger charge is -2.08. The molecule has 6 nitrogen and oxygen atoms in total. The van der Waals surface area contributed by atoms with Crippen LogP contribution in [0.15, 0.2) is 18.2 Å². The van der Waals surface area contributed by atoms with Crippen molar-refractivity contribution >= 4 is 46.5 Å². The third-order valence-corrected chi connectivity index (χ3v) is 3.56. The summed E-state index contributed by atoms with van der Waals surface area (Å²) in [5.74, 6) is -0.702. The van der Waals surface area contributed by atoms with Crippen molar-refractivity contribution in [1.29, 1.82) is 0 Å². The molecule has 2 aromatic rings. The smallest absolute Gasteiger partial charge is 0.417 e. The van der Waals surface area contributed by atoms with Crippen molar-refractivity contribution in [2.24, 2.45) is 0 Å². The normalized spacial score (nSPS) is 10.9. The Morgan fingerprint density at radius 3 is 2.42 bits per heavy atom. The number of hydrogen-bond donors (Lipinski definition) is 2. The maximum atomic E-state index is 12.1. The van der Waals surface area contributed by atoms with Gasteiger partial charge in [-0.3, -0.25) is 0 Å². The van der Waals surface area contributed by atoms with Crippen LogP contribution in [0.4, 0.5) is 18.9 Å². The number of aromatic amines is 1. The van der Waals surface area contributed by atoms with Crippen molar-refractivity contribution in [1.82, 2.24) is 9.97 Å². The van der Waals surface area contributed by atoms with Crippen LogP contribution in [0, 0.1) is 0 Å². The molecule has 0 spiro atoms. The molecule has 26 heavy (non-hydrogen) atoms. The lowest BCUT2D eigenvalue weighted by Crippen LogP contribution is -2.10. The topological polar surface area (TPSA) is 90.2 Å². The van der Waals surface area contributed by atoms with Crippen molar-refractivity contribution in [3.8, 4) is 0 Å². The summed E-state index contributed by atoms with van der Waals surface area (Å²) in [6.45, 7) is 2.13. The van der Waals surface area contributed by atoms with E-state index in [1.54, 1.807) is 6.92 Å². The molecule has 3 N–H and O–H groups in total. The number of nitrogen functional groups attached to an aromatic ring is 1. The first kappa shape index (κ1) is 22.4. The molecule has 1 aromatic heterocycles. The van der Waals surface area contributed by atoms with Crippen LogP contribution in [-0.4, -0.2) is 29.3 Å². The summed E-state index contributed by atoms with van der Waals surface area (Å²) in [7, 11) is 0. The SMILES string of the molecule is CCOCOC(=O)c1nc(Cl)c(Cl)[nH]1.Nc1ccc(Cl)c(C(F)(F)F)c1. The van der Waals surface area contributed by atoms with Gasteiger partial charge in [-0.2, -0.15) is 13.2 Å². The van der Waals surface area contributed by atoms with E-state index >= 15 is 0 Å². The second-order valence-electron chi connectivity index (χ2n) is 4.47. The standard InChI is InChI=1S/C7H8Cl2N2O3.C7H5ClF3N/c1-2-13-3-14-7(12)6-10-4(8)5(9)11-6;8-6-2-1-4(12)3-5(6)7(9,10)11/h2-3H2,1H3,(H,10,11);1-3H,12H2. The lowest BCUT2D eigenvalue weighted by atomic mass is 10.2. The highest BCUT2D eigenvalue weighted by Crippen LogP contribution is 2.35. The van der Waals surface area contributed by atoms with Crippen LogP contribution in [0.3, 0.4) is 0 Å². The van der Waals surface area contributed by atoms with Gasteiger partial charge in [0.05, 0.1) is 10.6 Å². The van der Waals surface area contributed by atoms with E-state index in [1.807, 2.05) is 0 Å². The Hall–Kier alpha value is -1.68. The van der Waals surface area contributed by atoms with Crippen molar-refractivity contribution in [2.45, 2.75) is 13.1 Å². The van der Waals surface area contributed by atoms with Crippen LogP contribution in [0.5, 0.6) is 0 Å². The fourth-order valence-electron chi connectivity index (χ4n) is 1.43. The van der Waals surface area contributed by atoms with Crippen molar-refractivity contribution < 1.29 is 27.4 Å². The average Bonchev–Trinajstić information content (AvgIpc) is 2.89. The molecule has 0 atom stereocenters. The molecule has 0 saturated carbocycles. The van der Waals surface area contributed by atoms with E-state index in [0.717, 1.165) is 12.1 Å². The Morgan fingerprint density at radius 2 is 1.96 bits per heavy atom. The summed E-state index contributed by atoms with van der Waals surface area (Å²) in [4.78, 5) is 17.3. The van der Waals surface area contributed by atoms with Crippen molar-refractivity contribution in [2.75, 3.05) is 19.1 Å². The molecule has 0 bridgehead atoms. The maximum Gasteiger partial charge on any atom is 0.417 e. The van der Waals surface area contributed by atoms with E-state index in [2.05, 4.69) is 14.7 Å². The number of esters is 1. The van der Waals surface area contributed by atoms with E-state index in [0.29, 0.717) is 6.61 Å². The van der Waals surface area contributed by atoms with Gasteiger partial charge in [0.2, 0.25) is 5.82 Å². The van der Waals surface area contributed by atoms with E-state index in [4.69, 9.17) is 45.3 Å². The molecule has 1 aromatic carbocycles. The summed E-state index contributed by atoms with van der Waals surface area (Å²) >= 11 is 16.4. The number of benzene rings is 1. The predicted octanol–water partition coefficient (Wildman–Crippen LogP) is 4.81. The number of ether oxygens (including phenoxy) is 2. The molecule has 0 aliphatic heterocycles. The number of aromatic nitrogens is 2. The van der Waals surface area contributed by atoms with Gasteiger partial charge in [0.25, 0.3) is 0 Å². The minimum atomic E-state index is -4.44. The number of nitrogens with one attached hydrogen (secondary N) is 1. The lowest BCUT2D eigenvalue weighted by molar-refractivity contribution is -0.137. The summed E-state index contributed by atoms with van der Waals surface area (Å²) in [6.07, 6.45) is -4.44. The van der Waals surface area contributed by atoms with Crippen molar-refractivity contribution in [3.05, 3.63) is 44.9 Å². The Balaban J connectivity index is 0.000000263. The molecular formula is C14H13Cl3F3N3O3. The molecular weight excluding hydrogens is 422 g/mol. The number of H-pyrrole nitrogens is 1. The third kappa shape index (κ3) is 6.91. The van der Waals surface area contributed by atoms with Crippen LogP contribution in [0.25, 0.3) is 0 Å². The molecule has 0 aliphatic rings. The van der Waals surface area contributed by atoms with Gasteiger partial charge in [0.1, 0.15) is 5.15 Å². The van der Waals surface area contributed by atoms with Crippen LogP contribution in [0.2, 0.25) is 15.3 Å². The zero-order valence-corrected chi connectivity index (χ0v) is 15.4. The molecule has 144 valence electrons. The van der Waals surface area contributed by atoms with Gasteiger partial charge in [0, 0.05) is 12.3 Å². The first-order valence-corrected chi connectivity index (χ1v) is 7.97. The fourth-order valence-corrected chi connectivity index (χ4v) is 1.92. The number of imidazole rings is 1. The number of rotatable bonds is 4. The Morgan fingerprint density at radius 1 is 1.31 bits per heavy atom. The number of carbonyl (C=O) groups excluding carboxylic acids is 1. The molecule has 0 aliphatic carbocycles. The molecule has 0 fully saturated rings. The van der Waals surface area contributed by atoms with E-state index in [1.165, 1.54) is 6.07 Å². The highest BCUT2D eigenvalue weighted by atomic mass is 35.5. The number of anilines is 1. The third-order valence-electron chi connectivity index (χ3n) is 2.59. The van der Waals surface area contributed by atoms with Gasteiger partial charge in [-0.1, -0.05) is 34.8 Å². The first-order chi connectivity index (χ1) is 12.1. The van der Waals surface area contributed by atoms with Gasteiger partial charge in [0.15, 0.2) is 11.9 Å². The highest BCUT2D eigenvalue weighted by Gasteiger charge is 2.33. The maximum absolute atomic E-state index is 12.1. The minimum Gasteiger partial charge on any atom is -0.433 e. The molecule has 0 amide bonds. The first-order valence-electron chi connectivity index (χ1n) is 6.84. The van der Waals surface area contributed by atoms with E-state index < -0.39 is 17.7 Å². The largest absolute Gasteiger partial charge is 0.433 e. The Labute approximate surface area is 161 Å². The summed E-state index contributed by atoms with van der Waals surface area (Å²) in [5, 5.41) is -0.193. The second-order valence-corrected chi connectivity index (χ2v) is 5.61. The molecule has 0 unspecified atom stereocenters. The molecule has 0 radical (unpaired) electrons. The monoisotopic (exact) mass is 433 g/mol. The van der Waals surface area contributed by atoms with E-state index in [9.17, 15) is 18.0 Å². The Bertz CT molecular complexity index is 735. The number of carbonyl (C=O) groups is 1. The number of hydrogen-bond acceptors (Lipinski definition) is 5. The van der Waals surface area contributed by atoms with Gasteiger partial charge in [-0.25, -0.2) is 9.78 Å². The summed E-state index contributed by atoms with van der Waals surface area (Å²) < 4.78 is 45.7. The van der Waals surface area contributed by atoms with Gasteiger partial charge in [-0.05, 0) is 25.1 Å². The zero-order valence-electron chi connectivity index (χ0n) is 13.2. The predicted molar refractivity (Wildman–Crippen MR) is 91.4 cm³/mol. The fraction of sp³-hybridized carbons (Fsp3) is 0.286. The van der Waals surface area contributed by atoms with Gasteiger partial charge < -0.3 is 20.2 Å². The number of alkyl halides is 3. The summed E-state index contributed by atoms with van der Waals surface area (Å²) in [6, 6.07) is 3.25. The highest BCUT2D eigenvalue weighted by molar-refractivity contribution is 6.40. The number of nitrogens with zero attached hydrogens (tertiary/aromatic N) is 1. The van der Waals surface area contributed by atoms with Crippen LogP contribution in [-0.2, 0) is 15.7 Å². The molecule has 2 rings (SSSR count). The van der Waals surface area contributed by atoms with Crippen LogP contribution >= 0.6 is 34.8 Å². The quantitative estimate of drug-likeness (QED) is 0.312. The number of halogens is 6. The van der Waals surface area contributed by atoms with E-state index in [-0.39, 0.29) is 33.6 Å².